The molecule has 0 atom stereocenters. The minimum atomic E-state index is -0.243. The van der Waals surface area contributed by atoms with Gasteiger partial charge in [-0.3, -0.25) is 4.79 Å². The smallest absolute Gasteiger partial charge is 0.157 e. The Morgan fingerprint density at radius 3 is 2.44 bits per heavy atom. The van der Waals surface area contributed by atoms with Crippen molar-refractivity contribution in [3.63, 3.8) is 0 Å². The summed E-state index contributed by atoms with van der Waals surface area (Å²) < 4.78 is 12.8. The zero-order chi connectivity index (χ0) is 11.8. The van der Waals surface area contributed by atoms with Gasteiger partial charge in [-0.25, -0.2) is 4.39 Å². The van der Waals surface area contributed by atoms with Gasteiger partial charge in [0.1, 0.15) is 5.82 Å². The summed E-state index contributed by atoms with van der Waals surface area (Å²) in [6, 6.07) is 6.31. The summed E-state index contributed by atoms with van der Waals surface area (Å²) in [6.07, 6.45) is 0.850. The van der Waals surface area contributed by atoms with E-state index in [0.717, 1.165) is 18.7 Å². The lowest BCUT2D eigenvalue weighted by Gasteiger charge is -2.36. The van der Waals surface area contributed by atoms with Gasteiger partial charge in [-0.2, -0.15) is 0 Å². The van der Waals surface area contributed by atoms with Gasteiger partial charge >= 0.3 is 0 Å². The third-order valence-electron chi connectivity index (χ3n) is 3.29. The molecule has 0 N–H and O–H groups in total. The first-order valence-electron chi connectivity index (χ1n) is 5.53. The van der Waals surface area contributed by atoms with E-state index in [4.69, 9.17) is 0 Å². The van der Waals surface area contributed by atoms with Crippen LogP contribution in [0, 0.1) is 11.2 Å². The summed E-state index contributed by atoms with van der Waals surface area (Å²) in [4.78, 5) is 13.9. The Hall–Kier alpha value is -1.38. The Morgan fingerprint density at radius 2 is 1.88 bits per heavy atom. The molecule has 1 aromatic rings. The largest absolute Gasteiger partial charge is 0.364 e. The van der Waals surface area contributed by atoms with E-state index in [9.17, 15) is 9.18 Å². The van der Waals surface area contributed by atoms with Crippen LogP contribution in [-0.4, -0.2) is 18.9 Å². The number of ketones is 1. The van der Waals surface area contributed by atoms with E-state index in [1.165, 1.54) is 12.1 Å². The normalized spacial score (nSPS) is 19.9. The van der Waals surface area contributed by atoms with Gasteiger partial charge < -0.3 is 4.90 Å². The number of piperidine rings is 1. The molecule has 0 bridgehead atoms. The molecule has 2 rings (SSSR count). The molecule has 1 saturated heterocycles. The van der Waals surface area contributed by atoms with E-state index in [-0.39, 0.29) is 17.0 Å². The number of hydrogen-bond donors (Lipinski definition) is 0. The second kappa shape index (κ2) is 3.89. The lowest BCUT2D eigenvalue weighted by molar-refractivity contribution is -0.127. The Morgan fingerprint density at radius 1 is 1.25 bits per heavy atom. The van der Waals surface area contributed by atoms with Gasteiger partial charge in [-0.1, -0.05) is 13.8 Å². The predicted octanol–water partition coefficient (Wildman–Crippen LogP) is 2.63. The molecule has 0 aromatic heterocycles. The molecule has 1 aromatic carbocycles. The summed E-state index contributed by atoms with van der Waals surface area (Å²) >= 11 is 0. The molecule has 1 aliphatic heterocycles. The van der Waals surface area contributed by atoms with Gasteiger partial charge in [0.15, 0.2) is 5.78 Å². The fraction of sp³-hybridized carbons (Fsp3) is 0.462. The minimum absolute atomic E-state index is 0.212. The monoisotopic (exact) mass is 221 g/mol. The molecular formula is C13H16FNO. The number of benzene rings is 1. The van der Waals surface area contributed by atoms with Crippen molar-refractivity contribution in [2.45, 2.75) is 20.3 Å². The Kier molecular flexibility index (Phi) is 2.70. The molecule has 0 unspecified atom stereocenters. The van der Waals surface area contributed by atoms with Crippen LogP contribution in [0.5, 0.6) is 0 Å². The molecule has 0 amide bonds. The number of rotatable bonds is 1. The van der Waals surface area contributed by atoms with Crippen molar-refractivity contribution in [1.82, 2.24) is 0 Å². The molecule has 1 fully saturated rings. The number of nitrogens with zero attached hydrogens (tertiary/aromatic N) is 1. The average Bonchev–Trinajstić information content (AvgIpc) is 2.24. The maximum atomic E-state index is 12.8. The van der Waals surface area contributed by atoms with Crippen LogP contribution >= 0.6 is 0 Å². The van der Waals surface area contributed by atoms with Crippen LogP contribution in [0.1, 0.15) is 20.3 Å². The number of carbonyl (C=O) groups is 1. The SMILES string of the molecule is CC1(C)CCN(c2ccc(F)cc2)CC1=O. The van der Waals surface area contributed by atoms with Gasteiger partial charge in [0.05, 0.1) is 6.54 Å². The number of hydrogen-bond acceptors (Lipinski definition) is 2. The molecule has 1 heterocycles. The van der Waals surface area contributed by atoms with Crippen molar-refractivity contribution in [2.75, 3.05) is 18.0 Å². The summed E-state index contributed by atoms with van der Waals surface area (Å²) in [5, 5.41) is 0. The van der Waals surface area contributed by atoms with E-state index < -0.39 is 0 Å². The maximum Gasteiger partial charge on any atom is 0.157 e. The summed E-state index contributed by atoms with van der Waals surface area (Å²) in [6.45, 7) is 5.25. The summed E-state index contributed by atoms with van der Waals surface area (Å²) in [5.74, 6) is 0.00971. The number of carbonyl (C=O) groups excluding carboxylic acids is 1. The van der Waals surface area contributed by atoms with Crippen molar-refractivity contribution in [1.29, 1.82) is 0 Å². The van der Waals surface area contributed by atoms with Crippen molar-refractivity contribution in [3.05, 3.63) is 30.1 Å². The van der Waals surface area contributed by atoms with Crippen molar-refractivity contribution in [2.24, 2.45) is 5.41 Å². The van der Waals surface area contributed by atoms with E-state index in [1.54, 1.807) is 12.1 Å². The summed E-state index contributed by atoms with van der Waals surface area (Å²) in [5.41, 5.74) is 0.710. The highest BCUT2D eigenvalue weighted by Crippen LogP contribution is 2.29. The molecule has 0 aliphatic carbocycles. The van der Waals surface area contributed by atoms with Crippen LogP contribution in [0.15, 0.2) is 24.3 Å². The van der Waals surface area contributed by atoms with E-state index in [1.807, 2.05) is 18.7 Å². The van der Waals surface area contributed by atoms with Crippen LogP contribution in [0.25, 0.3) is 0 Å². The maximum absolute atomic E-state index is 12.8. The fourth-order valence-electron chi connectivity index (χ4n) is 1.89. The first-order valence-corrected chi connectivity index (χ1v) is 5.53. The number of halogens is 1. The highest BCUT2D eigenvalue weighted by atomic mass is 19.1. The van der Waals surface area contributed by atoms with Crippen molar-refractivity contribution < 1.29 is 9.18 Å². The zero-order valence-electron chi connectivity index (χ0n) is 9.66. The van der Waals surface area contributed by atoms with Crippen LogP contribution < -0.4 is 4.90 Å². The standard InChI is InChI=1S/C13H16FNO/c1-13(2)7-8-15(9-12(13)16)11-5-3-10(14)4-6-11/h3-6H,7-9H2,1-2H3. The Balaban J connectivity index is 2.14. The van der Waals surface area contributed by atoms with Crippen LogP contribution in [0.3, 0.4) is 0 Å². The summed E-state index contributed by atoms with van der Waals surface area (Å²) in [7, 11) is 0. The van der Waals surface area contributed by atoms with Crippen molar-refractivity contribution >= 4 is 11.5 Å². The molecule has 86 valence electrons. The third kappa shape index (κ3) is 2.08. The quantitative estimate of drug-likeness (QED) is 0.726. The van der Waals surface area contributed by atoms with Gasteiger partial charge in [-0.05, 0) is 30.7 Å². The third-order valence-corrected chi connectivity index (χ3v) is 3.29. The molecule has 16 heavy (non-hydrogen) atoms. The molecular weight excluding hydrogens is 205 g/mol. The topological polar surface area (TPSA) is 20.3 Å². The van der Waals surface area contributed by atoms with Gasteiger partial charge in [0.25, 0.3) is 0 Å². The average molecular weight is 221 g/mol. The van der Waals surface area contributed by atoms with E-state index >= 15 is 0 Å². The molecule has 3 heteroatoms. The van der Waals surface area contributed by atoms with Gasteiger partial charge in [0, 0.05) is 17.6 Å². The Bertz CT molecular complexity index is 397. The first kappa shape index (κ1) is 11.1. The molecule has 0 radical (unpaired) electrons. The molecule has 1 aliphatic rings. The highest BCUT2D eigenvalue weighted by molar-refractivity contribution is 5.89. The van der Waals surface area contributed by atoms with Crippen LogP contribution in [0.4, 0.5) is 10.1 Å². The first-order chi connectivity index (χ1) is 7.49. The van der Waals surface area contributed by atoms with Crippen LogP contribution in [-0.2, 0) is 4.79 Å². The molecule has 0 saturated carbocycles. The molecule has 0 spiro atoms. The lowest BCUT2D eigenvalue weighted by Crippen LogP contribution is -2.45. The fourth-order valence-corrected chi connectivity index (χ4v) is 1.89. The minimum Gasteiger partial charge on any atom is -0.364 e. The Labute approximate surface area is 95.1 Å². The lowest BCUT2D eigenvalue weighted by atomic mass is 9.81. The number of anilines is 1. The van der Waals surface area contributed by atoms with Gasteiger partial charge in [-0.15, -0.1) is 0 Å². The van der Waals surface area contributed by atoms with E-state index in [0.29, 0.717) is 6.54 Å². The van der Waals surface area contributed by atoms with E-state index in [2.05, 4.69) is 0 Å². The number of Topliss-reactive ketones (excluding diaryl/α,β-unsaturated/α-hetero) is 1. The van der Waals surface area contributed by atoms with Gasteiger partial charge in [0.2, 0.25) is 0 Å². The second-order valence-corrected chi connectivity index (χ2v) is 4.96. The molecule has 2 nitrogen and oxygen atoms in total. The van der Waals surface area contributed by atoms with Crippen molar-refractivity contribution in [3.8, 4) is 0 Å². The predicted molar refractivity (Wildman–Crippen MR) is 62.0 cm³/mol. The zero-order valence-corrected chi connectivity index (χ0v) is 9.66. The second-order valence-electron chi connectivity index (χ2n) is 4.96. The van der Waals surface area contributed by atoms with Crippen LogP contribution in [0.2, 0.25) is 0 Å². The highest BCUT2D eigenvalue weighted by Gasteiger charge is 2.33.